The Bertz CT molecular complexity index is 1760. The Hall–Kier alpha value is -1.93. The summed E-state index contributed by atoms with van der Waals surface area (Å²) in [5, 5.41) is 4.09. The number of benzene rings is 4. The number of nitrogens with zero attached hydrogens (tertiary/aromatic N) is 3. The molecule has 10 nitrogen and oxygen atoms in total. The monoisotopic (exact) mass is 681 g/mol. The number of hydrogen-bond donors (Lipinski definition) is 0. The SMILES string of the molecule is ClP12=NP(Cl)(=NP3(=N1)Oc1ccc4ccccc4c1-c1c(ccc4ccccc14)O3)OCCOCCOCCOCCO2. The summed E-state index contributed by atoms with van der Waals surface area (Å²) in [6, 6.07) is 24.1. The molecule has 7 rings (SSSR count). The van der Waals surface area contributed by atoms with Gasteiger partial charge in [0.2, 0.25) is 0 Å². The molecule has 2 atom stereocenters. The average Bonchev–Trinajstić information content (AvgIpc) is 3.12. The van der Waals surface area contributed by atoms with Gasteiger partial charge < -0.3 is 32.3 Å². The van der Waals surface area contributed by atoms with Crippen LogP contribution >= 0.6 is 43.7 Å². The molecule has 0 N–H and O–H groups in total. The molecule has 3 aliphatic heterocycles. The summed E-state index contributed by atoms with van der Waals surface area (Å²) in [7, 11) is -3.66. The lowest BCUT2D eigenvalue weighted by atomic mass is 9.92. The maximum Gasteiger partial charge on any atom is 0.455 e. The molecule has 0 aromatic heterocycles. The van der Waals surface area contributed by atoms with Crippen molar-refractivity contribution in [2.24, 2.45) is 13.5 Å². The topological polar surface area (TPSA) is 102 Å². The van der Waals surface area contributed by atoms with Gasteiger partial charge in [0, 0.05) is 11.1 Å². The van der Waals surface area contributed by atoms with E-state index in [4.69, 9.17) is 63.8 Å². The maximum absolute atomic E-state index is 7.06. The molecule has 1 spiro atoms. The van der Waals surface area contributed by atoms with E-state index in [1.807, 2.05) is 48.5 Å². The summed E-state index contributed by atoms with van der Waals surface area (Å²) >= 11 is 14.1. The van der Waals surface area contributed by atoms with Crippen molar-refractivity contribution >= 4 is 65.3 Å². The number of rotatable bonds is 0. The van der Waals surface area contributed by atoms with Gasteiger partial charge in [-0.1, -0.05) is 60.7 Å². The first kappa shape index (κ1) is 29.8. The summed E-state index contributed by atoms with van der Waals surface area (Å²) in [5.74, 6) is 1.08. The summed E-state index contributed by atoms with van der Waals surface area (Å²) < 4.78 is 56.6. The first-order valence-corrected chi connectivity index (χ1v) is 20.3. The van der Waals surface area contributed by atoms with Crippen LogP contribution in [0.4, 0.5) is 0 Å². The van der Waals surface area contributed by atoms with Crippen LogP contribution in [0.3, 0.4) is 0 Å². The van der Waals surface area contributed by atoms with E-state index >= 15 is 0 Å². The second-order valence-electron chi connectivity index (χ2n) is 9.71. The molecule has 0 amide bonds. The molecule has 0 radical (unpaired) electrons. The van der Waals surface area contributed by atoms with E-state index in [0.29, 0.717) is 37.9 Å². The van der Waals surface area contributed by atoms with Crippen molar-refractivity contribution in [3.63, 3.8) is 0 Å². The third-order valence-corrected chi connectivity index (χ3v) is 17.1. The predicted octanol–water partition coefficient (Wildman–Crippen LogP) is 9.86. The molecular formula is C28H28Cl2N3O7P3. The second kappa shape index (κ2) is 12.5. The van der Waals surface area contributed by atoms with Crippen molar-refractivity contribution in [1.29, 1.82) is 0 Å². The van der Waals surface area contributed by atoms with E-state index in [1.54, 1.807) is 0 Å². The minimum absolute atomic E-state index is 0.118. The lowest BCUT2D eigenvalue weighted by molar-refractivity contribution is 0.00575. The Morgan fingerprint density at radius 2 is 0.930 bits per heavy atom. The van der Waals surface area contributed by atoms with Crippen molar-refractivity contribution in [3.8, 4) is 22.6 Å². The number of fused-ring (bicyclic) bond motifs is 8. The van der Waals surface area contributed by atoms with Crippen LogP contribution in [0.5, 0.6) is 11.5 Å². The lowest BCUT2D eigenvalue weighted by Crippen LogP contribution is -2.13. The molecule has 0 aliphatic carbocycles. The fourth-order valence-corrected chi connectivity index (χ4v) is 16.6. The van der Waals surface area contributed by atoms with E-state index in [9.17, 15) is 0 Å². The van der Waals surface area contributed by atoms with Gasteiger partial charge in [0.1, 0.15) is 11.5 Å². The van der Waals surface area contributed by atoms with E-state index in [-0.39, 0.29) is 26.4 Å². The number of ether oxygens (including phenoxy) is 3. The van der Waals surface area contributed by atoms with E-state index in [0.717, 1.165) is 32.7 Å². The fraction of sp³-hybridized carbons (Fsp3) is 0.286. The van der Waals surface area contributed by atoms with Gasteiger partial charge in [-0.2, -0.15) is 4.52 Å². The molecule has 4 aromatic carbocycles. The van der Waals surface area contributed by atoms with Crippen LogP contribution in [0.1, 0.15) is 0 Å². The van der Waals surface area contributed by atoms with Crippen LogP contribution in [0.25, 0.3) is 32.7 Å². The summed E-state index contributed by atoms with van der Waals surface area (Å²) in [4.78, 5) is 0. The molecule has 226 valence electrons. The maximum atomic E-state index is 7.06. The summed E-state index contributed by atoms with van der Waals surface area (Å²) in [6.45, 7) is -4.56. The van der Waals surface area contributed by atoms with Crippen molar-refractivity contribution in [2.45, 2.75) is 0 Å². The molecule has 15 heteroatoms. The Kier molecular flexibility index (Phi) is 8.62. The highest BCUT2D eigenvalue weighted by Crippen LogP contribution is 2.83. The van der Waals surface area contributed by atoms with Crippen LogP contribution < -0.4 is 9.05 Å². The van der Waals surface area contributed by atoms with Gasteiger partial charge in [-0.3, -0.25) is 0 Å². The lowest BCUT2D eigenvalue weighted by Gasteiger charge is -2.29. The molecule has 43 heavy (non-hydrogen) atoms. The fourth-order valence-electron chi connectivity index (χ4n) is 5.06. The Labute approximate surface area is 258 Å². The molecular weight excluding hydrogens is 654 g/mol. The standard InChI is InChI=1S/C28H28Cl2N3O7P3/c29-41-31-42(30,38-20-18-36-16-14-34-13-15-35-17-19-37-41)33-43(32-41)39-25-11-9-21-5-1-3-7-23(21)27(25)28-24-8-4-2-6-22(24)10-12-26(28)40-43/h1-12H,13-20H2. The Morgan fingerprint density at radius 3 is 1.44 bits per heavy atom. The number of halogens is 2. The molecule has 2 bridgehead atoms. The van der Waals surface area contributed by atoms with Crippen molar-refractivity contribution in [1.82, 2.24) is 0 Å². The first-order chi connectivity index (χ1) is 21.0. The highest BCUT2D eigenvalue weighted by molar-refractivity contribution is 8.00. The smallest absolute Gasteiger partial charge is 0.413 e. The Balaban J connectivity index is 1.42. The highest BCUT2D eigenvalue weighted by atomic mass is 35.7. The molecule has 0 saturated carbocycles. The molecule has 0 saturated heterocycles. The van der Waals surface area contributed by atoms with Gasteiger partial charge in [-0.15, -0.1) is 9.03 Å². The normalized spacial score (nSPS) is 26.0. The van der Waals surface area contributed by atoms with Gasteiger partial charge in [-0.25, -0.2) is 0 Å². The van der Waals surface area contributed by atoms with Crippen molar-refractivity contribution in [3.05, 3.63) is 72.8 Å². The molecule has 3 aliphatic rings. The second-order valence-corrected chi connectivity index (χ2v) is 18.3. The van der Waals surface area contributed by atoms with Gasteiger partial charge in [0.25, 0.3) is 0 Å². The van der Waals surface area contributed by atoms with E-state index < -0.39 is 21.2 Å². The van der Waals surface area contributed by atoms with Crippen molar-refractivity contribution < 1.29 is 32.3 Å². The first-order valence-electron chi connectivity index (χ1n) is 13.7. The minimum atomic E-state index is -3.66. The third kappa shape index (κ3) is 6.29. The molecule has 4 aromatic rings. The largest absolute Gasteiger partial charge is 0.455 e. The van der Waals surface area contributed by atoms with Crippen LogP contribution in [-0.2, 0) is 23.3 Å². The third-order valence-electron chi connectivity index (χ3n) is 6.84. The highest BCUT2D eigenvalue weighted by Gasteiger charge is 2.44. The zero-order valence-corrected chi connectivity index (χ0v) is 27.1. The number of hydrogen-bond acceptors (Lipinski definition) is 10. The molecule has 0 fully saturated rings. The quantitative estimate of drug-likeness (QED) is 0.170. The zero-order chi connectivity index (χ0) is 29.3. The predicted molar refractivity (Wildman–Crippen MR) is 172 cm³/mol. The van der Waals surface area contributed by atoms with Gasteiger partial charge in [0.05, 0.1) is 52.9 Å². The van der Waals surface area contributed by atoms with Crippen LogP contribution in [0.15, 0.2) is 86.3 Å². The summed E-state index contributed by atoms with van der Waals surface area (Å²) in [6.07, 6.45) is 0. The van der Waals surface area contributed by atoms with E-state index in [1.165, 1.54) is 0 Å². The van der Waals surface area contributed by atoms with Crippen LogP contribution in [0.2, 0.25) is 0 Å². The van der Waals surface area contributed by atoms with Gasteiger partial charge >= 0.3 is 21.2 Å². The minimum Gasteiger partial charge on any atom is -0.413 e. The van der Waals surface area contributed by atoms with Gasteiger partial charge in [0.15, 0.2) is 0 Å². The van der Waals surface area contributed by atoms with Gasteiger partial charge in [-0.05, 0) is 56.2 Å². The zero-order valence-electron chi connectivity index (χ0n) is 22.9. The summed E-state index contributed by atoms with van der Waals surface area (Å²) in [5.41, 5.74) is 1.74. The average molecular weight is 682 g/mol. The van der Waals surface area contributed by atoms with Crippen LogP contribution in [0, 0.1) is 0 Å². The van der Waals surface area contributed by atoms with E-state index in [2.05, 4.69) is 28.8 Å². The Morgan fingerprint density at radius 1 is 0.488 bits per heavy atom. The molecule has 2 unspecified atom stereocenters. The van der Waals surface area contributed by atoms with Crippen LogP contribution in [-0.4, -0.2) is 52.9 Å². The van der Waals surface area contributed by atoms with Crippen molar-refractivity contribution in [2.75, 3.05) is 52.9 Å². The molecule has 3 heterocycles.